The molecule has 1 heterocycles. The van der Waals surface area contributed by atoms with E-state index in [1.165, 1.54) is 0 Å². The molecule has 1 aromatic carbocycles. The number of rotatable bonds is 7. The highest BCUT2D eigenvalue weighted by Crippen LogP contribution is 2.57. The predicted molar refractivity (Wildman–Crippen MR) is 104 cm³/mol. The maximum atomic E-state index is 13.5. The lowest BCUT2D eigenvalue weighted by Gasteiger charge is -2.32. The number of amides is 2. The number of benzene rings is 1. The fraction of sp³-hybridized carbons (Fsp3) is 0.619. The van der Waals surface area contributed by atoms with E-state index in [2.05, 4.69) is 10.6 Å². The van der Waals surface area contributed by atoms with Gasteiger partial charge in [0, 0.05) is 25.2 Å². The summed E-state index contributed by atoms with van der Waals surface area (Å²) in [6, 6.07) is 1.66. The number of halogens is 7. The fourth-order valence-corrected chi connectivity index (χ4v) is 3.90. The second-order valence-electron chi connectivity index (χ2n) is 8.56. The van der Waals surface area contributed by atoms with Gasteiger partial charge in [-0.25, -0.2) is 4.39 Å². The number of hydrogen-bond acceptors (Lipinski definition) is 3. The summed E-state index contributed by atoms with van der Waals surface area (Å²) in [4.78, 5) is 26.0. The minimum absolute atomic E-state index is 0.0513. The molecule has 0 atom stereocenters. The van der Waals surface area contributed by atoms with E-state index in [0.29, 0.717) is 44.6 Å². The molecule has 1 aromatic rings. The van der Waals surface area contributed by atoms with Crippen molar-refractivity contribution in [3.8, 4) is 0 Å². The SMILES string of the molecule is O=C(NCC1CCN(CCNC(=O)C2(C(F)(F)F)CC2)CC1)c1cc(F)cc(C(F)(F)F)c1. The van der Waals surface area contributed by atoms with Crippen molar-refractivity contribution < 1.29 is 40.3 Å². The summed E-state index contributed by atoms with van der Waals surface area (Å²) < 4.78 is 90.6. The lowest BCUT2D eigenvalue weighted by molar-refractivity contribution is -0.192. The number of piperidine rings is 1. The lowest BCUT2D eigenvalue weighted by Crippen LogP contribution is -2.45. The van der Waals surface area contributed by atoms with Crippen LogP contribution in [0.15, 0.2) is 18.2 Å². The molecule has 2 aliphatic rings. The first-order valence-corrected chi connectivity index (χ1v) is 10.6. The zero-order chi connectivity index (χ0) is 24.4. The van der Waals surface area contributed by atoms with Crippen LogP contribution >= 0.6 is 0 Å². The zero-order valence-electron chi connectivity index (χ0n) is 17.6. The highest BCUT2D eigenvalue weighted by Gasteiger charge is 2.68. The van der Waals surface area contributed by atoms with Crippen LogP contribution in [0.1, 0.15) is 41.6 Å². The normalized spacial score (nSPS) is 19.2. The molecule has 1 aliphatic heterocycles. The fourth-order valence-electron chi connectivity index (χ4n) is 3.90. The van der Waals surface area contributed by atoms with Crippen molar-refractivity contribution in [1.29, 1.82) is 0 Å². The maximum Gasteiger partial charge on any atom is 0.416 e. The Balaban J connectivity index is 1.38. The lowest BCUT2D eigenvalue weighted by atomic mass is 9.96. The van der Waals surface area contributed by atoms with Gasteiger partial charge in [-0.15, -0.1) is 0 Å². The smallest absolute Gasteiger partial charge is 0.354 e. The molecule has 0 radical (unpaired) electrons. The van der Waals surface area contributed by atoms with Gasteiger partial charge in [-0.3, -0.25) is 9.59 Å². The first-order chi connectivity index (χ1) is 15.3. The molecule has 1 saturated carbocycles. The molecule has 1 saturated heterocycles. The Labute approximate surface area is 185 Å². The van der Waals surface area contributed by atoms with Crippen LogP contribution in [0.4, 0.5) is 30.7 Å². The van der Waals surface area contributed by atoms with Crippen molar-refractivity contribution in [2.45, 2.75) is 38.0 Å². The van der Waals surface area contributed by atoms with E-state index in [0.717, 1.165) is 6.07 Å². The van der Waals surface area contributed by atoms with E-state index in [1.807, 2.05) is 4.90 Å². The molecule has 33 heavy (non-hydrogen) atoms. The van der Waals surface area contributed by atoms with Gasteiger partial charge < -0.3 is 15.5 Å². The van der Waals surface area contributed by atoms with E-state index < -0.39 is 46.5 Å². The quantitative estimate of drug-likeness (QED) is 0.581. The van der Waals surface area contributed by atoms with Crippen LogP contribution in [0.5, 0.6) is 0 Å². The average Bonchev–Trinajstić information content (AvgIpc) is 3.54. The second-order valence-corrected chi connectivity index (χ2v) is 8.56. The topological polar surface area (TPSA) is 61.4 Å². The third-order valence-electron chi connectivity index (χ3n) is 6.19. The monoisotopic (exact) mass is 483 g/mol. The number of nitrogens with zero attached hydrogens (tertiary/aromatic N) is 1. The van der Waals surface area contributed by atoms with Crippen LogP contribution in [-0.4, -0.2) is 55.6 Å². The number of carbonyl (C=O) groups is 2. The second kappa shape index (κ2) is 9.47. The standard InChI is InChI=1S/C21H24F7N3O2/c22-16-10-14(9-15(11-16)20(23,24)25)17(32)30-12-13-1-6-31(7-2-13)8-5-29-18(33)19(3-4-19)21(26,27)28/h9-11,13H,1-8,12H2,(H,29,33)(H,30,32). The maximum absolute atomic E-state index is 13.5. The third-order valence-corrected chi connectivity index (χ3v) is 6.19. The van der Waals surface area contributed by atoms with Crippen LogP contribution in [0, 0.1) is 17.2 Å². The van der Waals surface area contributed by atoms with Gasteiger partial charge in [-0.2, -0.15) is 26.3 Å². The van der Waals surface area contributed by atoms with Crippen LogP contribution in [0.2, 0.25) is 0 Å². The summed E-state index contributed by atoms with van der Waals surface area (Å²) in [6.07, 6.45) is -8.39. The van der Waals surface area contributed by atoms with E-state index >= 15 is 0 Å². The summed E-state index contributed by atoms with van der Waals surface area (Å²) in [5.41, 5.74) is -3.89. The Morgan fingerprint density at radius 3 is 2.18 bits per heavy atom. The molecule has 3 rings (SSSR count). The third kappa shape index (κ3) is 6.15. The summed E-state index contributed by atoms with van der Waals surface area (Å²) in [7, 11) is 0. The molecule has 0 aromatic heterocycles. The van der Waals surface area contributed by atoms with Gasteiger partial charge in [0.05, 0.1) is 5.56 Å². The molecular formula is C21H24F7N3O2. The van der Waals surface area contributed by atoms with Crippen molar-refractivity contribution in [2.24, 2.45) is 11.3 Å². The van der Waals surface area contributed by atoms with Crippen molar-refractivity contribution in [3.63, 3.8) is 0 Å². The molecule has 2 N–H and O–H groups in total. The van der Waals surface area contributed by atoms with Gasteiger partial charge in [0.25, 0.3) is 5.91 Å². The number of alkyl halides is 6. The van der Waals surface area contributed by atoms with Crippen LogP contribution in [0.3, 0.4) is 0 Å². The molecule has 1 aliphatic carbocycles. The highest BCUT2D eigenvalue weighted by atomic mass is 19.4. The molecule has 184 valence electrons. The van der Waals surface area contributed by atoms with Crippen LogP contribution in [-0.2, 0) is 11.0 Å². The molecule has 0 spiro atoms. The number of hydrogen-bond donors (Lipinski definition) is 2. The molecule has 12 heteroatoms. The molecular weight excluding hydrogens is 459 g/mol. The highest BCUT2D eigenvalue weighted by molar-refractivity contribution is 5.94. The van der Waals surface area contributed by atoms with Gasteiger partial charge in [0.1, 0.15) is 11.2 Å². The first-order valence-electron chi connectivity index (χ1n) is 10.6. The largest absolute Gasteiger partial charge is 0.416 e. The van der Waals surface area contributed by atoms with E-state index in [1.54, 1.807) is 0 Å². The Morgan fingerprint density at radius 2 is 1.64 bits per heavy atom. The van der Waals surface area contributed by atoms with E-state index in [4.69, 9.17) is 0 Å². The summed E-state index contributed by atoms with van der Waals surface area (Å²) in [5, 5.41) is 4.89. The minimum Gasteiger partial charge on any atom is -0.354 e. The Morgan fingerprint density at radius 1 is 1.00 bits per heavy atom. The Kier molecular flexibility index (Phi) is 7.25. The van der Waals surface area contributed by atoms with Gasteiger partial charge in [0.2, 0.25) is 5.91 Å². The number of carbonyl (C=O) groups excluding carboxylic acids is 2. The van der Waals surface area contributed by atoms with Gasteiger partial charge in [-0.1, -0.05) is 0 Å². The zero-order valence-corrected chi connectivity index (χ0v) is 17.6. The Hall–Kier alpha value is -2.37. The van der Waals surface area contributed by atoms with Gasteiger partial charge >= 0.3 is 12.4 Å². The van der Waals surface area contributed by atoms with Gasteiger partial charge in [-0.05, 0) is 62.9 Å². The van der Waals surface area contributed by atoms with Crippen molar-refractivity contribution in [2.75, 3.05) is 32.7 Å². The van der Waals surface area contributed by atoms with Crippen molar-refractivity contribution in [3.05, 3.63) is 35.1 Å². The molecule has 2 fully saturated rings. The molecule has 0 unspecified atom stereocenters. The van der Waals surface area contributed by atoms with Crippen LogP contribution in [0.25, 0.3) is 0 Å². The van der Waals surface area contributed by atoms with Crippen molar-refractivity contribution in [1.82, 2.24) is 15.5 Å². The number of likely N-dealkylation sites (tertiary alicyclic amines) is 1. The summed E-state index contributed by atoms with van der Waals surface area (Å²) in [6.45, 7) is 1.88. The number of nitrogens with one attached hydrogen (secondary N) is 2. The molecule has 5 nitrogen and oxygen atoms in total. The van der Waals surface area contributed by atoms with E-state index in [-0.39, 0.29) is 31.8 Å². The predicted octanol–water partition coefficient (Wildman–Crippen LogP) is 3.75. The minimum atomic E-state index is -4.77. The molecule has 0 bridgehead atoms. The van der Waals surface area contributed by atoms with E-state index in [9.17, 15) is 40.3 Å². The van der Waals surface area contributed by atoms with Crippen molar-refractivity contribution >= 4 is 11.8 Å². The summed E-state index contributed by atoms with van der Waals surface area (Å²) >= 11 is 0. The van der Waals surface area contributed by atoms with Gasteiger partial charge in [0.15, 0.2) is 0 Å². The Bertz CT molecular complexity index is 874. The average molecular weight is 483 g/mol. The summed E-state index contributed by atoms with van der Waals surface area (Å²) in [5.74, 6) is -2.89. The molecule has 2 amide bonds. The van der Waals surface area contributed by atoms with Crippen LogP contribution < -0.4 is 10.6 Å². The first kappa shape index (κ1) is 25.3.